The van der Waals surface area contributed by atoms with Gasteiger partial charge in [-0.3, -0.25) is 9.69 Å². The number of carbonyl (C=O) groups is 1. The van der Waals surface area contributed by atoms with Crippen LogP contribution in [0.4, 0.5) is 0 Å². The Balaban J connectivity index is 1.38. The quantitative estimate of drug-likeness (QED) is 0.789. The third kappa shape index (κ3) is 3.92. The molecular weight excluding hydrogens is 380 g/mol. The van der Waals surface area contributed by atoms with Gasteiger partial charge in [0.25, 0.3) is 0 Å². The molecule has 1 amide bonds. The normalized spacial score (nSPS) is 31.9. The average Bonchev–Trinajstić information content (AvgIpc) is 3.22. The van der Waals surface area contributed by atoms with E-state index in [2.05, 4.69) is 22.3 Å². The van der Waals surface area contributed by atoms with Gasteiger partial charge in [-0.15, -0.1) is 0 Å². The van der Waals surface area contributed by atoms with Crippen molar-refractivity contribution >= 4 is 5.91 Å². The maximum absolute atomic E-state index is 12.9. The van der Waals surface area contributed by atoms with E-state index >= 15 is 0 Å². The SMILES string of the molecule is O=C(CN1CC[C@]2(O)CCCC[C@H]2[C@H]1c1ccc2c(c1)OCO2)NC1CCCCC1. The maximum Gasteiger partial charge on any atom is 0.234 e. The molecule has 30 heavy (non-hydrogen) atoms. The van der Waals surface area contributed by atoms with Gasteiger partial charge in [-0.1, -0.05) is 38.2 Å². The number of amides is 1. The summed E-state index contributed by atoms with van der Waals surface area (Å²) >= 11 is 0. The first-order chi connectivity index (χ1) is 14.6. The highest BCUT2D eigenvalue weighted by Crippen LogP contribution is 2.50. The molecule has 1 saturated heterocycles. The molecule has 2 aliphatic heterocycles. The van der Waals surface area contributed by atoms with Gasteiger partial charge >= 0.3 is 0 Å². The van der Waals surface area contributed by atoms with E-state index in [-0.39, 0.29) is 24.7 Å². The van der Waals surface area contributed by atoms with Crippen molar-refractivity contribution in [2.75, 3.05) is 19.9 Å². The van der Waals surface area contributed by atoms with Crippen LogP contribution in [-0.4, -0.2) is 47.4 Å². The fourth-order valence-electron chi connectivity index (χ4n) is 6.16. The van der Waals surface area contributed by atoms with Gasteiger partial charge in [-0.25, -0.2) is 0 Å². The number of ether oxygens (including phenoxy) is 2. The molecule has 1 aromatic rings. The minimum Gasteiger partial charge on any atom is -0.454 e. The number of carbonyl (C=O) groups excluding carboxylic acids is 1. The summed E-state index contributed by atoms with van der Waals surface area (Å²) in [6.07, 6.45) is 10.7. The van der Waals surface area contributed by atoms with Crippen LogP contribution >= 0.6 is 0 Å². The molecule has 0 bridgehead atoms. The molecule has 3 fully saturated rings. The van der Waals surface area contributed by atoms with E-state index in [1.54, 1.807) is 0 Å². The Bertz CT molecular complexity index is 778. The van der Waals surface area contributed by atoms with Crippen LogP contribution in [0, 0.1) is 5.92 Å². The van der Waals surface area contributed by atoms with Gasteiger partial charge in [0, 0.05) is 24.5 Å². The molecule has 2 N–H and O–H groups in total. The predicted octanol–water partition coefficient (Wildman–Crippen LogP) is 3.53. The Hall–Kier alpha value is -1.79. The number of nitrogens with zero attached hydrogens (tertiary/aromatic N) is 1. The third-order valence-electron chi connectivity index (χ3n) is 7.73. The number of rotatable bonds is 4. The summed E-state index contributed by atoms with van der Waals surface area (Å²) in [6.45, 7) is 1.39. The van der Waals surface area contributed by atoms with Gasteiger partial charge in [-0.05, 0) is 49.8 Å². The summed E-state index contributed by atoms with van der Waals surface area (Å²) in [7, 11) is 0. The van der Waals surface area contributed by atoms with Crippen molar-refractivity contribution in [2.24, 2.45) is 5.92 Å². The summed E-state index contributed by atoms with van der Waals surface area (Å²) < 4.78 is 11.1. The largest absolute Gasteiger partial charge is 0.454 e. The number of likely N-dealkylation sites (tertiary alicyclic amines) is 1. The second-order valence-corrected chi connectivity index (χ2v) is 9.64. The van der Waals surface area contributed by atoms with E-state index in [4.69, 9.17) is 9.47 Å². The van der Waals surface area contributed by atoms with Crippen LogP contribution in [0.2, 0.25) is 0 Å². The minimum absolute atomic E-state index is 0.0238. The molecule has 5 rings (SSSR count). The van der Waals surface area contributed by atoms with Crippen molar-refractivity contribution in [3.8, 4) is 11.5 Å². The molecule has 0 unspecified atom stereocenters. The zero-order chi connectivity index (χ0) is 20.6. The van der Waals surface area contributed by atoms with Crippen LogP contribution in [-0.2, 0) is 4.79 Å². The van der Waals surface area contributed by atoms with Gasteiger partial charge in [0.15, 0.2) is 11.5 Å². The molecule has 164 valence electrons. The third-order valence-corrected chi connectivity index (χ3v) is 7.73. The lowest BCUT2D eigenvalue weighted by Gasteiger charge is -2.52. The van der Waals surface area contributed by atoms with E-state index in [0.29, 0.717) is 12.6 Å². The lowest BCUT2D eigenvalue weighted by molar-refractivity contribution is -0.138. The van der Waals surface area contributed by atoms with Gasteiger partial charge in [0.1, 0.15) is 0 Å². The standard InChI is InChI=1S/C24H34N2O4/c27-22(25-18-6-2-1-3-7-18)15-26-13-12-24(28)11-5-4-8-19(24)23(26)17-9-10-20-21(14-17)30-16-29-20/h9-10,14,18-19,23,28H,1-8,11-13,15-16H2,(H,25,27)/t19-,23+,24+/m0/s1. The van der Waals surface area contributed by atoms with E-state index in [1.807, 2.05) is 6.07 Å². The molecule has 4 aliphatic rings. The van der Waals surface area contributed by atoms with Gasteiger partial charge in [-0.2, -0.15) is 0 Å². The van der Waals surface area contributed by atoms with E-state index in [0.717, 1.165) is 68.6 Å². The molecule has 1 aromatic carbocycles. The van der Waals surface area contributed by atoms with Crippen LogP contribution in [0.1, 0.15) is 75.8 Å². The predicted molar refractivity (Wildman–Crippen MR) is 113 cm³/mol. The molecule has 2 aliphatic carbocycles. The van der Waals surface area contributed by atoms with Crippen molar-refractivity contribution in [1.82, 2.24) is 10.2 Å². The highest BCUT2D eigenvalue weighted by atomic mass is 16.7. The number of fused-ring (bicyclic) bond motifs is 2. The van der Waals surface area contributed by atoms with Crippen LogP contribution in [0.3, 0.4) is 0 Å². The fourth-order valence-corrected chi connectivity index (χ4v) is 6.16. The first-order valence-electron chi connectivity index (χ1n) is 11.8. The minimum atomic E-state index is -0.629. The van der Waals surface area contributed by atoms with Crippen LogP contribution in [0.5, 0.6) is 11.5 Å². The molecule has 0 radical (unpaired) electrons. The van der Waals surface area contributed by atoms with E-state index in [9.17, 15) is 9.90 Å². The first-order valence-corrected chi connectivity index (χ1v) is 11.8. The Labute approximate surface area is 178 Å². The van der Waals surface area contributed by atoms with Crippen molar-refractivity contribution in [3.63, 3.8) is 0 Å². The number of nitrogens with one attached hydrogen (secondary N) is 1. The first kappa shape index (κ1) is 20.1. The van der Waals surface area contributed by atoms with Gasteiger partial charge in [0.2, 0.25) is 12.7 Å². The molecule has 2 saturated carbocycles. The summed E-state index contributed by atoms with van der Waals surface area (Å²) in [6, 6.07) is 6.46. The molecule has 0 spiro atoms. The Morgan fingerprint density at radius 3 is 2.73 bits per heavy atom. The van der Waals surface area contributed by atoms with Crippen LogP contribution in [0.25, 0.3) is 0 Å². The van der Waals surface area contributed by atoms with Gasteiger partial charge in [0.05, 0.1) is 12.1 Å². The van der Waals surface area contributed by atoms with Crippen molar-refractivity contribution in [1.29, 1.82) is 0 Å². The Kier molecular flexibility index (Phi) is 5.63. The van der Waals surface area contributed by atoms with E-state index < -0.39 is 5.60 Å². The van der Waals surface area contributed by atoms with Crippen LogP contribution in [0.15, 0.2) is 18.2 Å². The second-order valence-electron chi connectivity index (χ2n) is 9.64. The average molecular weight is 415 g/mol. The van der Waals surface area contributed by atoms with Crippen molar-refractivity contribution < 1.29 is 19.4 Å². The smallest absolute Gasteiger partial charge is 0.234 e. The summed E-state index contributed by atoms with van der Waals surface area (Å²) in [4.78, 5) is 15.2. The topological polar surface area (TPSA) is 71.0 Å². The lowest BCUT2D eigenvalue weighted by atomic mass is 9.66. The van der Waals surface area contributed by atoms with Gasteiger partial charge < -0.3 is 19.9 Å². The number of hydrogen-bond donors (Lipinski definition) is 2. The zero-order valence-electron chi connectivity index (χ0n) is 17.8. The van der Waals surface area contributed by atoms with E-state index in [1.165, 1.54) is 19.3 Å². The number of aliphatic hydroxyl groups is 1. The highest BCUT2D eigenvalue weighted by Gasteiger charge is 2.49. The Morgan fingerprint density at radius 1 is 1.07 bits per heavy atom. The molecule has 2 heterocycles. The number of piperidine rings is 1. The number of hydrogen-bond acceptors (Lipinski definition) is 5. The Morgan fingerprint density at radius 2 is 1.87 bits per heavy atom. The van der Waals surface area contributed by atoms with Crippen molar-refractivity contribution in [3.05, 3.63) is 23.8 Å². The van der Waals surface area contributed by atoms with Crippen molar-refractivity contribution in [2.45, 2.75) is 81.9 Å². The molecule has 3 atom stereocenters. The number of benzene rings is 1. The second kappa shape index (κ2) is 8.39. The zero-order valence-corrected chi connectivity index (χ0v) is 17.8. The monoisotopic (exact) mass is 414 g/mol. The lowest BCUT2D eigenvalue weighted by Crippen LogP contribution is -2.56. The molecule has 6 nitrogen and oxygen atoms in total. The maximum atomic E-state index is 12.9. The molecule has 0 aromatic heterocycles. The summed E-state index contributed by atoms with van der Waals surface area (Å²) in [5.74, 6) is 1.80. The summed E-state index contributed by atoms with van der Waals surface area (Å²) in [5, 5.41) is 14.7. The summed E-state index contributed by atoms with van der Waals surface area (Å²) in [5.41, 5.74) is 0.491. The highest BCUT2D eigenvalue weighted by molar-refractivity contribution is 5.78. The van der Waals surface area contributed by atoms with Crippen LogP contribution < -0.4 is 14.8 Å². The molecular formula is C24H34N2O4. The molecule has 6 heteroatoms. The fraction of sp³-hybridized carbons (Fsp3) is 0.708.